The summed E-state index contributed by atoms with van der Waals surface area (Å²) in [5.41, 5.74) is 7.35. The molecule has 0 aromatic carbocycles. The van der Waals surface area contributed by atoms with Crippen LogP contribution >= 0.6 is 0 Å². The summed E-state index contributed by atoms with van der Waals surface area (Å²) in [5, 5.41) is 10.7. The van der Waals surface area contributed by atoms with Crippen molar-refractivity contribution in [1.82, 2.24) is 20.2 Å². The van der Waals surface area contributed by atoms with Gasteiger partial charge in [-0.3, -0.25) is 5.10 Å². The second kappa shape index (κ2) is 6.29. The Morgan fingerprint density at radius 3 is 2.88 bits per heavy atom. The Bertz CT molecular complexity index is 729. The van der Waals surface area contributed by atoms with Gasteiger partial charge in [0, 0.05) is 42.5 Å². The van der Waals surface area contributed by atoms with Crippen molar-refractivity contribution in [2.24, 2.45) is 11.7 Å². The summed E-state index contributed by atoms with van der Waals surface area (Å²) in [6, 6.07) is 3.95. The van der Waals surface area contributed by atoms with Gasteiger partial charge in [-0.05, 0) is 51.5 Å². The summed E-state index contributed by atoms with van der Waals surface area (Å²) in [4.78, 5) is 11.4. The zero-order valence-electron chi connectivity index (χ0n) is 15.0. The summed E-state index contributed by atoms with van der Waals surface area (Å²) in [6.07, 6.45) is 6.60. The highest BCUT2D eigenvalue weighted by Crippen LogP contribution is 2.39. The minimum absolute atomic E-state index is 0.178. The Balaban J connectivity index is 1.46. The van der Waals surface area contributed by atoms with Crippen LogP contribution in [0.2, 0.25) is 0 Å². The first kappa shape index (κ1) is 16.3. The minimum Gasteiger partial charge on any atom is -0.340 e. The zero-order valence-corrected chi connectivity index (χ0v) is 15.0. The fourth-order valence-electron chi connectivity index (χ4n) is 3.47. The molecule has 4 rings (SSSR count). The molecule has 1 saturated heterocycles. The van der Waals surface area contributed by atoms with Crippen molar-refractivity contribution < 1.29 is 0 Å². The molecule has 7 nitrogen and oxygen atoms in total. The first-order valence-corrected chi connectivity index (χ1v) is 9.18. The van der Waals surface area contributed by atoms with Gasteiger partial charge in [0.15, 0.2) is 5.82 Å². The molecule has 4 N–H and O–H groups in total. The lowest BCUT2D eigenvalue weighted by atomic mass is 9.82. The number of rotatable bonds is 5. The molecule has 1 aliphatic carbocycles. The molecule has 3 heterocycles. The predicted octanol–water partition coefficient (Wildman–Crippen LogP) is 2.77. The number of piperidine rings is 1. The number of nitrogens with zero attached hydrogens (tertiary/aromatic N) is 4. The largest absolute Gasteiger partial charge is 0.340 e. The van der Waals surface area contributed by atoms with Gasteiger partial charge in [0.25, 0.3) is 0 Å². The molecule has 2 aromatic heterocycles. The second-order valence-electron chi connectivity index (χ2n) is 7.96. The highest BCUT2D eigenvalue weighted by atomic mass is 15.3. The third kappa shape index (κ3) is 3.76. The highest BCUT2D eigenvalue weighted by Gasteiger charge is 2.31. The summed E-state index contributed by atoms with van der Waals surface area (Å²) in [7, 11) is 0. The molecule has 0 radical (unpaired) electrons. The van der Waals surface area contributed by atoms with E-state index in [4.69, 9.17) is 5.73 Å². The van der Waals surface area contributed by atoms with Gasteiger partial charge in [0.05, 0.1) is 0 Å². The van der Waals surface area contributed by atoms with Gasteiger partial charge in [-0.1, -0.05) is 0 Å². The summed E-state index contributed by atoms with van der Waals surface area (Å²) in [6.45, 7) is 6.09. The minimum atomic E-state index is -0.178. The summed E-state index contributed by atoms with van der Waals surface area (Å²) >= 11 is 0. The van der Waals surface area contributed by atoms with Crippen LogP contribution in [-0.2, 0) is 0 Å². The second-order valence-corrected chi connectivity index (χ2v) is 7.96. The van der Waals surface area contributed by atoms with Gasteiger partial charge in [0.1, 0.15) is 5.82 Å². The Morgan fingerprint density at radius 2 is 2.12 bits per heavy atom. The molecule has 7 heteroatoms. The average Bonchev–Trinajstić information content (AvgIpc) is 3.35. The number of nitrogens with two attached hydrogens (primary N) is 1. The zero-order chi connectivity index (χ0) is 17.4. The molecule has 1 unspecified atom stereocenters. The maximum absolute atomic E-state index is 6.32. The van der Waals surface area contributed by atoms with Crippen LogP contribution in [0.4, 0.5) is 17.6 Å². The number of anilines is 3. The SMILES string of the molecule is CC(C)(N)C1CCCN(c2nccc(Nc3cc(C4CC4)[nH]n3)n2)C1. The number of hydrogen-bond acceptors (Lipinski definition) is 6. The Morgan fingerprint density at radius 1 is 1.28 bits per heavy atom. The van der Waals surface area contributed by atoms with Crippen LogP contribution in [0.15, 0.2) is 18.3 Å². The fourth-order valence-corrected chi connectivity index (χ4v) is 3.47. The Kier molecular flexibility index (Phi) is 4.11. The van der Waals surface area contributed by atoms with Gasteiger partial charge in [-0.15, -0.1) is 0 Å². The van der Waals surface area contributed by atoms with Crippen molar-refractivity contribution in [3.05, 3.63) is 24.0 Å². The molecule has 2 fully saturated rings. The van der Waals surface area contributed by atoms with Gasteiger partial charge < -0.3 is 16.0 Å². The topological polar surface area (TPSA) is 95.8 Å². The Labute approximate surface area is 148 Å². The normalized spacial score (nSPS) is 21.4. The summed E-state index contributed by atoms with van der Waals surface area (Å²) < 4.78 is 0. The molecule has 2 aromatic rings. The molecule has 0 bridgehead atoms. The van der Waals surface area contributed by atoms with Crippen molar-refractivity contribution in [3.63, 3.8) is 0 Å². The quantitative estimate of drug-likeness (QED) is 0.774. The molecule has 134 valence electrons. The molecule has 1 aliphatic heterocycles. The standard InChI is InChI=1S/C18H27N7/c1-18(2,19)13-4-3-9-25(11-13)17-20-8-7-15(22-17)21-16-10-14(23-24-16)12-5-6-12/h7-8,10,12-13H,3-6,9,11,19H2,1-2H3,(H2,20,21,22,23,24). The van der Waals surface area contributed by atoms with E-state index in [1.165, 1.54) is 18.5 Å². The van der Waals surface area contributed by atoms with Crippen LogP contribution in [0.1, 0.15) is 51.1 Å². The number of nitrogens with one attached hydrogen (secondary N) is 2. The van der Waals surface area contributed by atoms with E-state index in [1.54, 1.807) is 6.20 Å². The molecule has 1 saturated carbocycles. The average molecular weight is 341 g/mol. The van der Waals surface area contributed by atoms with Crippen LogP contribution in [0.3, 0.4) is 0 Å². The van der Waals surface area contributed by atoms with E-state index < -0.39 is 0 Å². The third-order valence-corrected chi connectivity index (χ3v) is 5.27. The number of H-pyrrole nitrogens is 1. The van der Waals surface area contributed by atoms with E-state index in [-0.39, 0.29) is 5.54 Å². The molecule has 0 amide bonds. The van der Waals surface area contributed by atoms with E-state index in [1.807, 2.05) is 6.07 Å². The van der Waals surface area contributed by atoms with E-state index in [0.717, 1.165) is 43.5 Å². The number of hydrogen-bond donors (Lipinski definition) is 3. The lowest BCUT2D eigenvalue weighted by Crippen LogP contribution is -2.50. The van der Waals surface area contributed by atoms with Gasteiger partial charge in [-0.2, -0.15) is 10.1 Å². The van der Waals surface area contributed by atoms with Crippen molar-refractivity contribution in [2.75, 3.05) is 23.3 Å². The smallest absolute Gasteiger partial charge is 0.227 e. The fraction of sp³-hybridized carbons (Fsp3) is 0.611. The first-order valence-electron chi connectivity index (χ1n) is 9.18. The highest BCUT2D eigenvalue weighted by molar-refractivity contribution is 5.53. The van der Waals surface area contributed by atoms with E-state index in [9.17, 15) is 0 Å². The monoisotopic (exact) mass is 341 g/mol. The molecule has 1 atom stereocenters. The van der Waals surface area contributed by atoms with Crippen molar-refractivity contribution in [1.29, 1.82) is 0 Å². The number of aromatic nitrogens is 4. The molecular formula is C18H27N7. The Hall–Kier alpha value is -2.15. The van der Waals surface area contributed by atoms with Crippen molar-refractivity contribution in [3.8, 4) is 0 Å². The molecule has 2 aliphatic rings. The lowest BCUT2D eigenvalue weighted by molar-refractivity contribution is 0.273. The first-order chi connectivity index (χ1) is 12.0. The van der Waals surface area contributed by atoms with E-state index in [2.05, 4.69) is 50.3 Å². The van der Waals surface area contributed by atoms with Crippen LogP contribution in [0, 0.1) is 5.92 Å². The lowest BCUT2D eigenvalue weighted by Gasteiger charge is -2.39. The van der Waals surface area contributed by atoms with Crippen LogP contribution < -0.4 is 16.0 Å². The van der Waals surface area contributed by atoms with Gasteiger partial charge in [-0.25, -0.2) is 4.98 Å². The summed E-state index contributed by atoms with van der Waals surface area (Å²) in [5.74, 6) is 3.46. The third-order valence-electron chi connectivity index (χ3n) is 5.27. The molecule has 0 spiro atoms. The maximum atomic E-state index is 6.32. The predicted molar refractivity (Wildman–Crippen MR) is 99.1 cm³/mol. The van der Waals surface area contributed by atoms with Crippen LogP contribution in [-0.4, -0.2) is 38.8 Å². The van der Waals surface area contributed by atoms with E-state index >= 15 is 0 Å². The van der Waals surface area contributed by atoms with Crippen LogP contribution in [0.25, 0.3) is 0 Å². The van der Waals surface area contributed by atoms with Crippen molar-refractivity contribution in [2.45, 2.75) is 51.0 Å². The van der Waals surface area contributed by atoms with Gasteiger partial charge >= 0.3 is 0 Å². The molecular weight excluding hydrogens is 314 g/mol. The molecule has 25 heavy (non-hydrogen) atoms. The maximum Gasteiger partial charge on any atom is 0.227 e. The van der Waals surface area contributed by atoms with E-state index in [0.29, 0.717) is 11.8 Å². The van der Waals surface area contributed by atoms with Gasteiger partial charge in [0.2, 0.25) is 5.95 Å². The van der Waals surface area contributed by atoms with Crippen molar-refractivity contribution >= 4 is 17.6 Å². The number of aromatic amines is 1. The van der Waals surface area contributed by atoms with Crippen LogP contribution in [0.5, 0.6) is 0 Å².